The Bertz CT molecular complexity index is 362. The van der Waals surface area contributed by atoms with Crippen LogP contribution in [0.4, 0.5) is 5.69 Å². The van der Waals surface area contributed by atoms with Crippen molar-refractivity contribution in [3.05, 3.63) is 28.4 Å². The molecule has 0 aromatic carbocycles. The Labute approximate surface area is 93.4 Å². The Kier molecular flexibility index (Phi) is 3.03. The molecule has 0 spiro atoms. The fourth-order valence-electron chi connectivity index (χ4n) is 1.49. The van der Waals surface area contributed by atoms with E-state index in [1.54, 1.807) is 6.07 Å². The summed E-state index contributed by atoms with van der Waals surface area (Å²) in [5.74, 6) is 0. The number of nitrogens with zero attached hydrogens (tertiary/aromatic N) is 2. The van der Waals surface area contributed by atoms with Gasteiger partial charge in [-0.1, -0.05) is 0 Å². The van der Waals surface area contributed by atoms with Gasteiger partial charge in [-0.3, -0.25) is 0 Å². The molecule has 0 amide bonds. The van der Waals surface area contributed by atoms with Crippen molar-refractivity contribution in [2.75, 3.05) is 0 Å². The van der Waals surface area contributed by atoms with Crippen LogP contribution in [-0.2, 0) is 0 Å². The van der Waals surface area contributed by atoms with Gasteiger partial charge in [0.25, 0.3) is 0 Å². The average molecular weight is 270 g/mol. The molecule has 1 aliphatic rings. The predicted octanol–water partition coefficient (Wildman–Crippen LogP) is -0.00520. The zero-order valence-electron chi connectivity index (χ0n) is 7.96. The SMILES string of the molecule is O=[N+]([O-])c1ccc([AsH]C2CC(O)C2)nc1. The molecule has 5 nitrogen and oxygen atoms in total. The molecule has 0 saturated heterocycles. The number of hydrogen-bond acceptors (Lipinski definition) is 4. The van der Waals surface area contributed by atoms with Crippen LogP contribution >= 0.6 is 0 Å². The molecule has 0 bridgehead atoms. The Balaban J connectivity index is 1.95. The number of aliphatic hydroxyl groups excluding tert-OH is 1. The summed E-state index contributed by atoms with van der Waals surface area (Å²) in [6, 6.07) is 3.24. The summed E-state index contributed by atoms with van der Waals surface area (Å²) in [5.41, 5.74) is 0.0407. The van der Waals surface area contributed by atoms with Gasteiger partial charge in [-0.15, -0.1) is 0 Å². The third-order valence-corrected chi connectivity index (χ3v) is 5.51. The van der Waals surface area contributed by atoms with Gasteiger partial charge in [0.2, 0.25) is 0 Å². The minimum absolute atomic E-state index is 0.0407. The fraction of sp³-hybridized carbons (Fsp3) is 0.444. The molecule has 1 fully saturated rings. The predicted molar refractivity (Wildman–Crippen MR) is 56.7 cm³/mol. The van der Waals surface area contributed by atoms with E-state index < -0.39 is 4.92 Å². The van der Waals surface area contributed by atoms with Gasteiger partial charge < -0.3 is 0 Å². The van der Waals surface area contributed by atoms with Crippen LogP contribution in [0.2, 0.25) is 4.71 Å². The summed E-state index contributed by atoms with van der Waals surface area (Å²) in [6.45, 7) is 0. The van der Waals surface area contributed by atoms with E-state index in [9.17, 15) is 10.1 Å². The van der Waals surface area contributed by atoms with Gasteiger partial charge in [0.05, 0.1) is 0 Å². The molecule has 1 N–H and O–H groups in total. The molecule has 0 aliphatic heterocycles. The first-order valence-electron chi connectivity index (χ1n) is 4.70. The Hall–Kier alpha value is -0.932. The summed E-state index contributed by atoms with van der Waals surface area (Å²) in [7, 11) is 0. The minimum atomic E-state index is -0.441. The summed E-state index contributed by atoms with van der Waals surface area (Å²) in [6.07, 6.45) is 2.93. The molecular weight excluding hydrogens is 259 g/mol. The van der Waals surface area contributed by atoms with Crippen molar-refractivity contribution in [3.8, 4) is 0 Å². The summed E-state index contributed by atoms with van der Waals surface area (Å²) >= 11 is -0.340. The number of aliphatic hydroxyl groups is 1. The summed E-state index contributed by atoms with van der Waals surface area (Å²) < 4.78 is 1.59. The normalized spacial score (nSPS) is 25.4. The molecule has 1 aromatic heterocycles. The number of rotatable bonds is 3. The molecule has 1 aliphatic carbocycles. The van der Waals surface area contributed by atoms with Crippen LogP contribution in [0.15, 0.2) is 18.3 Å². The topological polar surface area (TPSA) is 76.3 Å². The van der Waals surface area contributed by atoms with Gasteiger partial charge in [0.15, 0.2) is 0 Å². The maximum absolute atomic E-state index is 10.4. The molecular formula is C9H11AsN2O3. The van der Waals surface area contributed by atoms with Crippen LogP contribution in [0.5, 0.6) is 0 Å². The zero-order chi connectivity index (χ0) is 10.8. The van der Waals surface area contributed by atoms with Crippen molar-refractivity contribution in [1.29, 1.82) is 0 Å². The Morgan fingerprint density at radius 1 is 1.53 bits per heavy atom. The van der Waals surface area contributed by atoms with Crippen LogP contribution in [-0.4, -0.2) is 36.9 Å². The van der Waals surface area contributed by atoms with E-state index in [0.717, 1.165) is 17.3 Å². The van der Waals surface area contributed by atoms with Gasteiger partial charge in [-0.25, -0.2) is 0 Å². The van der Waals surface area contributed by atoms with Crippen LogP contribution in [0.1, 0.15) is 12.8 Å². The Morgan fingerprint density at radius 2 is 2.27 bits per heavy atom. The summed E-state index contributed by atoms with van der Waals surface area (Å²) in [5, 5.41) is 19.5. The van der Waals surface area contributed by atoms with Gasteiger partial charge in [0.1, 0.15) is 0 Å². The zero-order valence-corrected chi connectivity index (χ0v) is 10.1. The molecule has 1 saturated carbocycles. The van der Waals surface area contributed by atoms with Gasteiger partial charge >= 0.3 is 93.0 Å². The Morgan fingerprint density at radius 3 is 2.73 bits per heavy atom. The second kappa shape index (κ2) is 4.29. The second-order valence-electron chi connectivity index (χ2n) is 3.63. The first-order chi connectivity index (χ1) is 7.15. The summed E-state index contributed by atoms with van der Waals surface area (Å²) in [4.78, 5) is 14.0. The molecule has 15 heavy (non-hydrogen) atoms. The van der Waals surface area contributed by atoms with Crippen molar-refractivity contribution >= 4 is 25.9 Å². The van der Waals surface area contributed by atoms with Crippen LogP contribution in [0.25, 0.3) is 0 Å². The van der Waals surface area contributed by atoms with Crippen molar-refractivity contribution in [2.45, 2.75) is 23.7 Å². The van der Waals surface area contributed by atoms with E-state index in [1.807, 2.05) is 0 Å². The van der Waals surface area contributed by atoms with E-state index in [4.69, 9.17) is 5.11 Å². The molecule has 2 rings (SSSR count). The second-order valence-corrected chi connectivity index (χ2v) is 7.02. The van der Waals surface area contributed by atoms with Crippen LogP contribution in [0.3, 0.4) is 0 Å². The van der Waals surface area contributed by atoms with Crippen LogP contribution in [0, 0.1) is 10.1 Å². The number of pyridine rings is 1. The van der Waals surface area contributed by atoms with E-state index in [0.29, 0.717) is 4.71 Å². The monoisotopic (exact) mass is 270 g/mol. The van der Waals surface area contributed by atoms with Crippen molar-refractivity contribution < 1.29 is 10.0 Å². The van der Waals surface area contributed by atoms with E-state index in [1.165, 1.54) is 12.3 Å². The molecule has 1 heterocycles. The van der Waals surface area contributed by atoms with Gasteiger partial charge in [-0.05, 0) is 0 Å². The number of nitro groups is 1. The van der Waals surface area contributed by atoms with Crippen molar-refractivity contribution in [2.24, 2.45) is 0 Å². The van der Waals surface area contributed by atoms with E-state index in [-0.39, 0.29) is 27.5 Å². The maximum atomic E-state index is 10.4. The third kappa shape index (κ3) is 2.55. The first kappa shape index (κ1) is 10.6. The molecule has 80 valence electrons. The van der Waals surface area contributed by atoms with Crippen molar-refractivity contribution in [3.63, 3.8) is 0 Å². The number of hydrogen-bond donors (Lipinski definition) is 1. The van der Waals surface area contributed by atoms with Gasteiger partial charge in [0, 0.05) is 0 Å². The third-order valence-electron chi connectivity index (χ3n) is 2.42. The van der Waals surface area contributed by atoms with Crippen LogP contribution < -0.4 is 4.48 Å². The van der Waals surface area contributed by atoms with Crippen molar-refractivity contribution in [1.82, 2.24) is 4.98 Å². The molecule has 6 heteroatoms. The first-order valence-corrected chi connectivity index (χ1v) is 6.96. The van der Waals surface area contributed by atoms with Gasteiger partial charge in [-0.2, -0.15) is 0 Å². The molecule has 1 atom stereocenters. The van der Waals surface area contributed by atoms with E-state index >= 15 is 0 Å². The quantitative estimate of drug-likeness (QED) is 0.476. The number of aromatic nitrogens is 1. The standard InChI is InChI=1S/C9H11AsN2O3/c13-8-3-6(4-8)10-9-2-1-7(5-11-9)12(14)15/h1-2,5-6,8,10,13H,3-4H2. The molecule has 0 radical (unpaired) electrons. The molecule has 1 unspecified atom stereocenters. The van der Waals surface area contributed by atoms with E-state index in [2.05, 4.69) is 4.98 Å². The average Bonchev–Trinajstić information content (AvgIpc) is 2.16. The fourth-order valence-corrected chi connectivity index (χ4v) is 4.68. The molecule has 1 aromatic rings.